The molecule has 3 heterocycles. The number of benzene rings is 1. The predicted molar refractivity (Wildman–Crippen MR) is 149 cm³/mol. The molecule has 10 nitrogen and oxygen atoms in total. The summed E-state index contributed by atoms with van der Waals surface area (Å²) in [5.41, 5.74) is 9.54. The fourth-order valence-corrected chi connectivity index (χ4v) is 6.48. The Hall–Kier alpha value is -3.63. The monoisotopic (exact) mass is 549 g/mol. The molecule has 4 atom stereocenters. The average Bonchev–Trinajstić information content (AvgIpc) is 3.65. The van der Waals surface area contributed by atoms with Crippen LogP contribution in [-0.4, -0.2) is 75.9 Å². The van der Waals surface area contributed by atoms with Crippen molar-refractivity contribution in [2.45, 2.75) is 25.9 Å². The molecule has 39 heavy (non-hydrogen) atoms. The number of primary amides is 1. The first-order chi connectivity index (χ1) is 18.8. The number of imidazole rings is 1. The normalized spacial score (nSPS) is 24.4. The number of anilines is 1. The standard InChI is InChI=1S/C28H32ClN7O3/c1-15(37)36-9-7-35(8-10-36)14-16-3-6-19(21(11-16)39-2)27-33-25-24(20(29)13-31-28(25)34-27)32-23-18-5-4-17(12-18)22(23)26(30)38/h3-6,11,13,17-18,22-23H,7-10,12,14H2,1-2H3,(H2,30,38)(H2,31,32,33,34)/t17-,18-,22+,23-/m1/s1. The molecular weight excluding hydrogens is 518 g/mol. The van der Waals surface area contributed by atoms with E-state index in [1.54, 1.807) is 20.2 Å². The van der Waals surface area contributed by atoms with Gasteiger partial charge >= 0.3 is 0 Å². The molecule has 11 heteroatoms. The van der Waals surface area contributed by atoms with E-state index in [1.807, 2.05) is 17.0 Å². The third kappa shape index (κ3) is 4.72. The minimum absolute atomic E-state index is 0.126. The van der Waals surface area contributed by atoms with Gasteiger partial charge in [-0.15, -0.1) is 0 Å². The minimum Gasteiger partial charge on any atom is -0.496 e. The molecule has 2 bridgehead atoms. The Morgan fingerprint density at radius 2 is 1.97 bits per heavy atom. The number of H-pyrrole nitrogens is 1. The van der Waals surface area contributed by atoms with Crippen LogP contribution < -0.4 is 15.8 Å². The lowest BCUT2D eigenvalue weighted by Crippen LogP contribution is -2.47. The van der Waals surface area contributed by atoms with Crippen LogP contribution in [0.2, 0.25) is 5.02 Å². The van der Waals surface area contributed by atoms with Crippen LogP contribution in [0, 0.1) is 17.8 Å². The third-order valence-corrected chi connectivity index (χ3v) is 8.60. The number of pyridine rings is 1. The van der Waals surface area contributed by atoms with E-state index in [4.69, 9.17) is 27.1 Å². The number of piperazine rings is 1. The molecule has 0 unspecified atom stereocenters. The van der Waals surface area contributed by atoms with Gasteiger partial charge in [0.15, 0.2) is 5.65 Å². The molecule has 2 amide bonds. The molecule has 0 radical (unpaired) electrons. The molecule has 204 valence electrons. The lowest BCUT2D eigenvalue weighted by atomic mass is 9.88. The van der Waals surface area contributed by atoms with Crippen LogP contribution in [0.1, 0.15) is 18.9 Å². The van der Waals surface area contributed by atoms with Crippen molar-refractivity contribution in [2.75, 3.05) is 38.6 Å². The summed E-state index contributed by atoms with van der Waals surface area (Å²) in [5.74, 6) is 1.20. The Bertz CT molecular complexity index is 1460. The molecule has 2 aliphatic carbocycles. The Morgan fingerprint density at radius 3 is 2.69 bits per heavy atom. The number of nitrogens with one attached hydrogen (secondary N) is 2. The number of hydrogen-bond acceptors (Lipinski definition) is 7. The van der Waals surface area contributed by atoms with Crippen molar-refractivity contribution in [1.29, 1.82) is 0 Å². The van der Waals surface area contributed by atoms with Gasteiger partial charge in [0.25, 0.3) is 0 Å². The van der Waals surface area contributed by atoms with Crippen molar-refractivity contribution in [3.05, 3.63) is 47.1 Å². The van der Waals surface area contributed by atoms with Gasteiger partial charge in [-0.25, -0.2) is 9.97 Å². The summed E-state index contributed by atoms with van der Waals surface area (Å²) in [6.45, 7) is 5.55. The molecule has 1 saturated carbocycles. The second-order valence-corrected chi connectivity index (χ2v) is 11.0. The van der Waals surface area contributed by atoms with Gasteiger partial charge in [-0.1, -0.05) is 29.8 Å². The van der Waals surface area contributed by atoms with E-state index in [1.165, 1.54) is 0 Å². The van der Waals surface area contributed by atoms with E-state index in [2.05, 4.69) is 38.4 Å². The van der Waals surface area contributed by atoms with Gasteiger partial charge in [-0.3, -0.25) is 14.5 Å². The first-order valence-electron chi connectivity index (χ1n) is 13.3. The highest BCUT2D eigenvalue weighted by Gasteiger charge is 2.47. The average molecular weight is 550 g/mol. The highest BCUT2D eigenvalue weighted by Crippen LogP contribution is 2.46. The van der Waals surface area contributed by atoms with Crippen LogP contribution in [0.25, 0.3) is 22.6 Å². The number of carbonyl (C=O) groups excluding carboxylic acids is 2. The molecule has 1 aliphatic heterocycles. The van der Waals surface area contributed by atoms with Crippen molar-refractivity contribution >= 4 is 40.3 Å². The molecule has 3 aliphatic rings. The third-order valence-electron chi connectivity index (χ3n) is 8.32. The number of amides is 2. The summed E-state index contributed by atoms with van der Waals surface area (Å²) in [5, 5.41) is 3.96. The molecule has 3 aromatic rings. The lowest BCUT2D eigenvalue weighted by molar-refractivity contribution is -0.130. The zero-order chi connectivity index (χ0) is 27.3. The topological polar surface area (TPSA) is 129 Å². The molecule has 2 aromatic heterocycles. The van der Waals surface area contributed by atoms with Crippen molar-refractivity contribution < 1.29 is 14.3 Å². The van der Waals surface area contributed by atoms with Crippen molar-refractivity contribution in [3.8, 4) is 17.1 Å². The van der Waals surface area contributed by atoms with Gasteiger partial charge in [0.1, 0.15) is 17.1 Å². The summed E-state index contributed by atoms with van der Waals surface area (Å²) in [6, 6.07) is 5.95. The van der Waals surface area contributed by atoms with Crippen LogP contribution >= 0.6 is 11.6 Å². The highest BCUT2D eigenvalue weighted by atomic mass is 35.5. The van der Waals surface area contributed by atoms with Gasteiger partial charge in [-0.05, 0) is 36.0 Å². The quantitative estimate of drug-likeness (QED) is 0.386. The molecule has 1 aromatic carbocycles. The minimum atomic E-state index is -0.304. The van der Waals surface area contributed by atoms with Gasteiger partial charge in [0, 0.05) is 45.7 Å². The molecule has 1 saturated heterocycles. The molecular formula is C28H32ClN7O3. The summed E-state index contributed by atoms with van der Waals surface area (Å²) < 4.78 is 5.76. The van der Waals surface area contributed by atoms with E-state index in [9.17, 15) is 9.59 Å². The van der Waals surface area contributed by atoms with Crippen LogP contribution in [0.4, 0.5) is 5.69 Å². The maximum absolute atomic E-state index is 12.2. The Morgan fingerprint density at radius 1 is 1.21 bits per heavy atom. The van der Waals surface area contributed by atoms with E-state index in [-0.39, 0.29) is 35.6 Å². The summed E-state index contributed by atoms with van der Waals surface area (Å²) in [4.78, 5) is 40.7. The smallest absolute Gasteiger partial charge is 0.223 e. The molecule has 0 spiro atoms. The van der Waals surface area contributed by atoms with Crippen LogP contribution in [0.15, 0.2) is 36.5 Å². The summed E-state index contributed by atoms with van der Waals surface area (Å²) in [7, 11) is 1.64. The molecule has 4 N–H and O–H groups in total. The fraction of sp³-hybridized carbons (Fsp3) is 0.429. The Kier molecular flexibility index (Phi) is 6.68. The number of aromatic nitrogens is 3. The number of methoxy groups -OCH3 is 1. The van der Waals surface area contributed by atoms with Gasteiger partial charge in [0.05, 0.1) is 35.5 Å². The maximum Gasteiger partial charge on any atom is 0.223 e. The maximum atomic E-state index is 12.2. The zero-order valence-electron chi connectivity index (χ0n) is 22.0. The van der Waals surface area contributed by atoms with E-state index in [0.29, 0.717) is 33.4 Å². The van der Waals surface area contributed by atoms with Crippen LogP contribution in [0.5, 0.6) is 5.75 Å². The van der Waals surface area contributed by atoms with Crippen LogP contribution in [-0.2, 0) is 16.1 Å². The SMILES string of the molecule is COc1cc(CN2CCN(C(C)=O)CC2)ccc1-c1nc2ncc(Cl)c(N[C@H]3[C@@H](C(N)=O)[C@@H]4C=C[C@@H]3C4)c2[nH]1. The summed E-state index contributed by atoms with van der Waals surface area (Å²) in [6.07, 6.45) is 6.73. The van der Waals surface area contributed by atoms with Crippen molar-refractivity contribution in [3.63, 3.8) is 0 Å². The second-order valence-electron chi connectivity index (χ2n) is 10.6. The van der Waals surface area contributed by atoms with E-state index in [0.717, 1.165) is 50.3 Å². The number of rotatable bonds is 7. The predicted octanol–water partition coefficient (Wildman–Crippen LogP) is 3.04. The number of ether oxygens (including phenoxy) is 1. The summed E-state index contributed by atoms with van der Waals surface area (Å²) >= 11 is 6.61. The highest BCUT2D eigenvalue weighted by molar-refractivity contribution is 6.34. The van der Waals surface area contributed by atoms with Crippen molar-refractivity contribution in [2.24, 2.45) is 23.5 Å². The Labute approximate surface area is 231 Å². The molecule has 6 rings (SSSR count). The number of nitrogens with two attached hydrogens (primary N) is 1. The first-order valence-corrected chi connectivity index (χ1v) is 13.6. The number of nitrogens with zero attached hydrogens (tertiary/aromatic N) is 4. The van der Waals surface area contributed by atoms with E-state index < -0.39 is 0 Å². The van der Waals surface area contributed by atoms with Gasteiger partial charge in [0.2, 0.25) is 11.8 Å². The number of carbonyl (C=O) groups is 2. The second kappa shape index (κ2) is 10.2. The first kappa shape index (κ1) is 25.6. The largest absolute Gasteiger partial charge is 0.496 e. The number of hydrogen-bond donors (Lipinski definition) is 3. The molecule has 2 fully saturated rings. The number of fused-ring (bicyclic) bond motifs is 3. The number of aromatic amines is 1. The fourth-order valence-electron chi connectivity index (χ4n) is 6.28. The number of halogens is 1. The van der Waals surface area contributed by atoms with Gasteiger partial charge < -0.3 is 25.7 Å². The van der Waals surface area contributed by atoms with Crippen molar-refractivity contribution in [1.82, 2.24) is 24.8 Å². The zero-order valence-corrected chi connectivity index (χ0v) is 22.7. The van der Waals surface area contributed by atoms with Crippen LogP contribution in [0.3, 0.4) is 0 Å². The lowest BCUT2D eigenvalue weighted by Gasteiger charge is -2.34. The van der Waals surface area contributed by atoms with Gasteiger partial charge in [-0.2, -0.15) is 0 Å². The van der Waals surface area contributed by atoms with E-state index >= 15 is 0 Å². The Balaban J connectivity index is 1.26. The number of allylic oxidation sites excluding steroid dienone is 1.